The minimum absolute atomic E-state index is 1.03. The lowest BCUT2D eigenvalue weighted by atomic mass is 9.87. The molecule has 0 aromatic heterocycles. The van der Waals surface area contributed by atoms with Crippen molar-refractivity contribution in [2.24, 2.45) is 11.8 Å². The molecule has 1 fully saturated rings. The monoisotopic (exact) mass is 158 g/mol. The quantitative estimate of drug-likeness (QED) is 0.595. The Labute approximate surface area is 68.8 Å². The van der Waals surface area contributed by atoms with Gasteiger partial charge in [0, 0.05) is 0 Å². The molecule has 2 atom stereocenters. The van der Waals surface area contributed by atoms with Crippen LogP contribution in [0.4, 0.5) is 0 Å². The molecule has 0 aromatic rings. The van der Waals surface area contributed by atoms with Crippen LogP contribution in [0, 0.1) is 11.8 Å². The number of hydrogen-bond donors (Lipinski definition) is 0. The SMILES string of the molecule is CC[C@@H]1CSCC[C@@H]1CC. The predicted octanol–water partition coefficient (Wildman–Crippen LogP) is 3.18. The standard InChI is InChI=1S/C9H18S/c1-3-8-5-6-10-7-9(8)4-2/h8-9H,3-7H2,1-2H3/t8-,9+/m0/s1. The van der Waals surface area contributed by atoms with Gasteiger partial charge in [0.15, 0.2) is 0 Å². The molecule has 1 aliphatic heterocycles. The Kier molecular flexibility index (Phi) is 3.61. The largest absolute Gasteiger partial charge is 0.162 e. The number of rotatable bonds is 2. The van der Waals surface area contributed by atoms with Gasteiger partial charge in [-0.2, -0.15) is 11.8 Å². The minimum Gasteiger partial charge on any atom is -0.162 e. The van der Waals surface area contributed by atoms with Crippen molar-refractivity contribution < 1.29 is 0 Å². The van der Waals surface area contributed by atoms with E-state index in [0.717, 1.165) is 11.8 Å². The Morgan fingerprint density at radius 2 is 1.90 bits per heavy atom. The van der Waals surface area contributed by atoms with Crippen LogP contribution in [0.25, 0.3) is 0 Å². The maximum Gasteiger partial charge on any atom is -0.00366 e. The maximum atomic E-state index is 2.34. The summed E-state index contributed by atoms with van der Waals surface area (Å²) in [4.78, 5) is 0. The second-order valence-electron chi connectivity index (χ2n) is 3.20. The van der Waals surface area contributed by atoms with E-state index in [1.54, 1.807) is 0 Å². The summed E-state index contributed by atoms with van der Waals surface area (Å²) >= 11 is 2.15. The summed E-state index contributed by atoms with van der Waals surface area (Å²) in [6.07, 6.45) is 4.27. The normalized spacial score (nSPS) is 34.2. The molecule has 0 aromatic carbocycles. The molecule has 10 heavy (non-hydrogen) atoms. The van der Waals surface area contributed by atoms with Gasteiger partial charge in [-0.05, 0) is 29.8 Å². The van der Waals surface area contributed by atoms with Gasteiger partial charge in [0.25, 0.3) is 0 Å². The molecule has 1 heteroatoms. The summed E-state index contributed by atoms with van der Waals surface area (Å²) in [5, 5.41) is 0. The van der Waals surface area contributed by atoms with Gasteiger partial charge in [0.2, 0.25) is 0 Å². The first kappa shape index (κ1) is 8.45. The van der Waals surface area contributed by atoms with Gasteiger partial charge in [-0.3, -0.25) is 0 Å². The van der Waals surface area contributed by atoms with Gasteiger partial charge in [0.05, 0.1) is 0 Å². The zero-order chi connectivity index (χ0) is 7.40. The van der Waals surface area contributed by atoms with E-state index >= 15 is 0 Å². The highest BCUT2D eigenvalue weighted by Crippen LogP contribution is 2.32. The lowest BCUT2D eigenvalue weighted by molar-refractivity contribution is 0.327. The fraction of sp³-hybridized carbons (Fsp3) is 1.00. The van der Waals surface area contributed by atoms with E-state index in [9.17, 15) is 0 Å². The molecule has 0 aliphatic carbocycles. The summed E-state index contributed by atoms with van der Waals surface area (Å²) < 4.78 is 0. The van der Waals surface area contributed by atoms with E-state index in [2.05, 4.69) is 25.6 Å². The minimum atomic E-state index is 1.03. The highest BCUT2D eigenvalue weighted by molar-refractivity contribution is 7.99. The molecular formula is C9H18S. The van der Waals surface area contributed by atoms with Crippen molar-refractivity contribution in [1.29, 1.82) is 0 Å². The predicted molar refractivity (Wildman–Crippen MR) is 49.5 cm³/mol. The third-order valence-corrected chi connectivity index (χ3v) is 3.87. The van der Waals surface area contributed by atoms with Crippen LogP contribution in [-0.2, 0) is 0 Å². The topological polar surface area (TPSA) is 0 Å². The third kappa shape index (κ3) is 1.91. The maximum absolute atomic E-state index is 2.34. The van der Waals surface area contributed by atoms with Crippen molar-refractivity contribution in [3.8, 4) is 0 Å². The summed E-state index contributed by atoms with van der Waals surface area (Å²) in [7, 11) is 0. The smallest absolute Gasteiger partial charge is 0.00366 e. The molecule has 0 bridgehead atoms. The molecule has 0 spiro atoms. The molecule has 0 radical (unpaired) electrons. The zero-order valence-electron chi connectivity index (χ0n) is 7.10. The average Bonchev–Trinajstić information content (AvgIpc) is 2.04. The highest BCUT2D eigenvalue weighted by Gasteiger charge is 2.21. The van der Waals surface area contributed by atoms with Crippen molar-refractivity contribution in [3.05, 3.63) is 0 Å². The van der Waals surface area contributed by atoms with Gasteiger partial charge in [-0.15, -0.1) is 0 Å². The van der Waals surface area contributed by atoms with Crippen LogP contribution >= 0.6 is 11.8 Å². The Bertz CT molecular complexity index is 78.7. The van der Waals surface area contributed by atoms with Gasteiger partial charge in [0.1, 0.15) is 0 Å². The Morgan fingerprint density at radius 1 is 1.20 bits per heavy atom. The van der Waals surface area contributed by atoms with Crippen molar-refractivity contribution in [2.75, 3.05) is 11.5 Å². The van der Waals surface area contributed by atoms with E-state index in [1.807, 2.05) is 0 Å². The number of thioether (sulfide) groups is 1. The van der Waals surface area contributed by atoms with Crippen LogP contribution in [-0.4, -0.2) is 11.5 Å². The fourth-order valence-corrected chi connectivity index (χ4v) is 3.28. The molecule has 1 saturated heterocycles. The van der Waals surface area contributed by atoms with E-state index in [0.29, 0.717) is 0 Å². The molecule has 0 saturated carbocycles. The molecule has 60 valence electrons. The molecule has 0 N–H and O–H groups in total. The lowest BCUT2D eigenvalue weighted by Crippen LogP contribution is -2.21. The van der Waals surface area contributed by atoms with E-state index < -0.39 is 0 Å². The highest BCUT2D eigenvalue weighted by atomic mass is 32.2. The number of hydrogen-bond acceptors (Lipinski definition) is 1. The Morgan fingerprint density at radius 3 is 2.40 bits per heavy atom. The fourth-order valence-electron chi connectivity index (χ4n) is 1.83. The van der Waals surface area contributed by atoms with Crippen LogP contribution in [0.1, 0.15) is 33.1 Å². The van der Waals surface area contributed by atoms with Crippen molar-refractivity contribution >= 4 is 11.8 Å². The molecule has 0 amide bonds. The van der Waals surface area contributed by atoms with Crippen molar-refractivity contribution in [1.82, 2.24) is 0 Å². The lowest BCUT2D eigenvalue weighted by Gasteiger charge is -2.29. The van der Waals surface area contributed by atoms with Gasteiger partial charge >= 0.3 is 0 Å². The van der Waals surface area contributed by atoms with E-state index in [-0.39, 0.29) is 0 Å². The first-order chi connectivity index (χ1) is 4.88. The average molecular weight is 158 g/mol. The van der Waals surface area contributed by atoms with Crippen molar-refractivity contribution in [3.63, 3.8) is 0 Å². The summed E-state index contributed by atoms with van der Waals surface area (Å²) in [6.45, 7) is 4.67. The van der Waals surface area contributed by atoms with Gasteiger partial charge < -0.3 is 0 Å². The third-order valence-electron chi connectivity index (χ3n) is 2.68. The van der Waals surface area contributed by atoms with Crippen molar-refractivity contribution in [2.45, 2.75) is 33.1 Å². The summed E-state index contributed by atoms with van der Waals surface area (Å²) in [6, 6.07) is 0. The molecule has 1 rings (SSSR count). The van der Waals surface area contributed by atoms with Gasteiger partial charge in [-0.25, -0.2) is 0 Å². The summed E-state index contributed by atoms with van der Waals surface area (Å²) in [5.41, 5.74) is 0. The zero-order valence-corrected chi connectivity index (χ0v) is 7.91. The van der Waals surface area contributed by atoms with Gasteiger partial charge in [-0.1, -0.05) is 26.7 Å². The second kappa shape index (κ2) is 4.27. The molecule has 1 heterocycles. The molecule has 1 aliphatic rings. The van der Waals surface area contributed by atoms with Crippen LogP contribution < -0.4 is 0 Å². The Balaban J connectivity index is 2.34. The van der Waals surface area contributed by atoms with Crippen LogP contribution in [0.2, 0.25) is 0 Å². The van der Waals surface area contributed by atoms with Crippen LogP contribution in [0.5, 0.6) is 0 Å². The summed E-state index contributed by atoms with van der Waals surface area (Å²) in [5.74, 6) is 4.92. The van der Waals surface area contributed by atoms with E-state index in [1.165, 1.54) is 30.8 Å². The second-order valence-corrected chi connectivity index (χ2v) is 4.35. The molecular weight excluding hydrogens is 140 g/mol. The van der Waals surface area contributed by atoms with Crippen LogP contribution in [0.15, 0.2) is 0 Å². The first-order valence-electron chi connectivity index (χ1n) is 4.46. The molecule has 0 unspecified atom stereocenters. The van der Waals surface area contributed by atoms with Crippen LogP contribution in [0.3, 0.4) is 0 Å². The Hall–Kier alpha value is 0.350. The molecule has 0 nitrogen and oxygen atoms in total. The first-order valence-corrected chi connectivity index (χ1v) is 5.61. The van der Waals surface area contributed by atoms with E-state index in [4.69, 9.17) is 0 Å².